The number of aromatic nitrogens is 1. The molecule has 2 heterocycles. The van der Waals surface area contributed by atoms with Gasteiger partial charge in [-0.25, -0.2) is 4.79 Å². The van der Waals surface area contributed by atoms with Crippen LogP contribution in [0.3, 0.4) is 0 Å². The van der Waals surface area contributed by atoms with Gasteiger partial charge in [-0.15, -0.1) is 11.3 Å². The number of thiophene rings is 1. The van der Waals surface area contributed by atoms with Crippen molar-refractivity contribution in [1.82, 2.24) is 9.88 Å². The Bertz CT molecular complexity index is 1390. The number of aryl methyl sites for hydroxylation is 1. The van der Waals surface area contributed by atoms with Crippen LogP contribution < -0.4 is 10.6 Å². The number of amides is 2. The number of hydrogen-bond acceptors (Lipinski definition) is 2. The van der Waals surface area contributed by atoms with E-state index in [0.717, 1.165) is 34.4 Å². The highest BCUT2D eigenvalue weighted by Crippen LogP contribution is 2.36. The van der Waals surface area contributed by atoms with Gasteiger partial charge < -0.3 is 15.2 Å². The van der Waals surface area contributed by atoms with E-state index in [1.165, 1.54) is 16.0 Å². The van der Waals surface area contributed by atoms with Crippen LogP contribution in [-0.2, 0) is 13.1 Å². The van der Waals surface area contributed by atoms with Crippen molar-refractivity contribution in [3.63, 3.8) is 0 Å². The third-order valence-corrected chi connectivity index (χ3v) is 6.59. The number of carbonyl (C=O) groups is 1. The number of rotatable bonds is 6. The fourth-order valence-electron chi connectivity index (χ4n) is 4.25. The summed E-state index contributed by atoms with van der Waals surface area (Å²) in [5, 5.41) is 9.29. The third kappa shape index (κ3) is 4.54. The molecule has 164 valence electrons. The molecule has 0 unspecified atom stereocenters. The summed E-state index contributed by atoms with van der Waals surface area (Å²) in [5.41, 5.74) is 6.59. The minimum absolute atomic E-state index is 0.211. The van der Waals surface area contributed by atoms with Gasteiger partial charge in [0.15, 0.2) is 0 Å². The van der Waals surface area contributed by atoms with Crippen LogP contribution in [0.15, 0.2) is 96.4 Å². The topological polar surface area (TPSA) is 46.1 Å². The molecule has 0 atom stereocenters. The fourth-order valence-corrected chi connectivity index (χ4v) is 5.05. The minimum Gasteiger partial charge on any atom is -0.335 e. The van der Waals surface area contributed by atoms with Crippen LogP contribution in [0.5, 0.6) is 0 Å². The third-order valence-electron chi connectivity index (χ3n) is 5.72. The standard InChI is InChI=1S/C28H25N3OS/c1-20-9-7-12-22(17-20)30-28(32)29-18-24-23-13-5-6-14-25(23)31(19-21-10-3-2-4-11-21)27(24)26-15-8-16-33-26/h2-17H,18-19H2,1H3,(H2,29,30,32). The molecule has 5 heteroatoms. The lowest BCUT2D eigenvalue weighted by molar-refractivity contribution is 0.252. The van der Waals surface area contributed by atoms with Crippen molar-refractivity contribution >= 4 is 34.0 Å². The Labute approximate surface area is 197 Å². The molecule has 2 aromatic heterocycles. The van der Waals surface area contributed by atoms with Crippen LogP contribution in [0.4, 0.5) is 10.5 Å². The SMILES string of the molecule is Cc1cccc(NC(=O)NCc2c(-c3cccs3)n(Cc3ccccc3)c3ccccc23)c1. The van der Waals surface area contributed by atoms with Crippen molar-refractivity contribution in [3.8, 4) is 10.6 Å². The molecule has 33 heavy (non-hydrogen) atoms. The van der Waals surface area contributed by atoms with E-state index in [1.807, 2.05) is 37.3 Å². The van der Waals surface area contributed by atoms with Crippen LogP contribution >= 0.6 is 11.3 Å². The van der Waals surface area contributed by atoms with Crippen LogP contribution in [0, 0.1) is 6.92 Å². The van der Waals surface area contributed by atoms with E-state index in [4.69, 9.17) is 0 Å². The maximum absolute atomic E-state index is 12.7. The van der Waals surface area contributed by atoms with Gasteiger partial charge in [-0.3, -0.25) is 0 Å². The van der Waals surface area contributed by atoms with E-state index in [0.29, 0.717) is 6.54 Å². The molecule has 5 aromatic rings. The normalized spacial score (nSPS) is 10.9. The second kappa shape index (κ2) is 9.35. The number of carbonyl (C=O) groups excluding carboxylic acids is 1. The Morgan fingerprint density at radius 1 is 0.909 bits per heavy atom. The first-order valence-corrected chi connectivity index (χ1v) is 11.9. The number of para-hydroxylation sites is 1. The first-order valence-electron chi connectivity index (χ1n) is 11.0. The molecular formula is C28H25N3OS. The highest BCUT2D eigenvalue weighted by molar-refractivity contribution is 7.13. The number of hydrogen-bond donors (Lipinski definition) is 2. The van der Waals surface area contributed by atoms with Crippen LogP contribution in [0.25, 0.3) is 21.5 Å². The van der Waals surface area contributed by atoms with E-state index >= 15 is 0 Å². The monoisotopic (exact) mass is 451 g/mol. The Morgan fingerprint density at radius 2 is 1.73 bits per heavy atom. The smallest absolute Gasteiger partial charge is 0.319 e. The average Bonchev–Trinajstić information content (AvgIpc) is 3.45. The van der Waals surface area contributed by atoms with E-state index < -0.39 is 0 Å². The molecule has 2 amide bonds. The first kappa shape index (κ1) is 21.0. The van der Waals surface area contributed by atoms with Gasteiger partial charge in [0, 0.05) is 35.2 Å². The molecule has 0 bridgehead atoms. The molecule has 0 aliphatic heterocycles. The summed E-state index contributed by atoms with van der Waals surface area (Å²) in [4.78, 5) is 13.9. The molecule has 0 saturated carbocycles. The number of urea groups is 1. The molecule has 2 N–H and O–H groups in total. The molecule has 5 rings (SSSR count). The van der Waals surface area contributed by atoms with Crippen molar-refractivity contribution in [2.75, 3.05) is 5.32 Å². The quantitative estimate of drug-likeness (QED) is 0.285. The number of benzene rings is 3. The summed E-state index contributed by atoms with van der Waals surface area (Å²) < 4.78 is 2.37. The van der Waals surface area contributed by atoms with Gasteiger partial charge in [0.1, 0.15) is 0 Å². The Kier molecular flexibility index (Phi) is 5.96. The Morgan fingerprint density at radius 3 is 2.52 bits per heavy atom. The van der Waals surface area contributed by atoms with Crippen molar-refractivity contribution in [2.45, 2.75) is 20.0 Å². The first-order chi connectivity index (χ1) is 16.2. The predicted molar refractivity (Wildman–Crippen MR) is 138 cm³/mol. The maximum Gasteiger partial charge on any atom is 0.319 e. The van der Waals surface area contributed by atoms with Crippen molar-refractivity contribution < 1.29 is 4.79 Å². The van der Waals surface area contributed by atoms with E-state index in [2.05, 4.69) is 81.2 Å². The predicted octanol–water partition coefficient (Wildman–Crippen LogP) is 7.05. The van der Waals surface area contributed by atoms with Gasteiger partial charge in [-0.1, -0.05) is 66.7 Å². The molecule has 0 fully saturated rings. The summed E-state index contributed by atoms with van der Waals surface area (Å²) in [6.07, 6.45) is 0. The lowest BCUT2D eigenvalue weighted by atomic mass is 10.1. The second-order valence-electron chi connectivity index (χ2n) is 8.07. The molecule has 4 nitrogen and oxygen atoms in total. The lowest BCUT2D eigenvalue weighted by Gasteiger charge is -2.13. The van der Waals surface area contributed by atoms with Crippen LogP contribution in [0.2, 0.25) is 0 Å². The van der Waals surface area contributed by atoms with E-state index in [9.17, 15) is 4.79 Å². The number of anilines is 1. The van der Waals surface area contributed by atoms with E-state index in [1.54, 1.807) is 11.3 Å². The summed E-state index contributed by atoms with van der Waals surface area (Å²) >= 11 is 1.72. The fraction of sp³-hybridized carbons (Fsp3) is 0.107. The lowest BCUT2D eigenvalue weighted by Crippen LogP contribution is -2.28. The molecule has 0 radical (unpaired) electrons. The molecule has 0 spiro atoms. The highest BCUT2D eigenvalue weighted by Gasteiger charge is 2.20. The Hall–Kier alpha value is -3.83. The maximum atomic E-state index is 12.7. The summed E-state index contributed by atoms with van der Waals surface area (Å²) in [5.74, 6) is 0. The van der Waals surface area contributed by atoms with Crippen molar-refractivity contribution in [1.29, 1.82) is 0 Å². The average molecular weight is 452 g/mol. The zero-order valence-corrected chi connectivity index (χ0v) is 19.2. The molecule has 0 aliphatic rings. The highest BCUT2D eigenvalue weighted by atomic mass is 32.1. The van der Waals surface area contributed by atoms with Crippen molar-refractivity contribution in [2.24, 2.45) is 0 Å². The largest absolute Gasteiger partial charge is 0.335 e. The summed E-state index contributed by atoms with van der Waals surface area (Å²) in [6.45, 7) is 3.22. The van der Waals surface area contributed by atoms with Crippen LogP contribution in [0.1, 0.15) is 16.7 Å². The number of nitrogens with zero attached hydrogens (tertiary/aromatic N) is 1. The van der Waals surface area contributed by atoms with Gasteiger partial charge in [0.05, 0.1) is 10.6 Å². The van der Waals surface area contributed by atoms with Gasteiger partial charge in [0.25, 0.3) is 0 Å². The van der Waals surface area contributed by atoms with E-state index in [-0.39, 0.29) is 6.03 Å². The van der Waals surface area contributed by atoms with Gasteiger partial charge in [-0.2, -0.15) is 0 Å². The second-order valence-corrected chi connectivity index (χ2v) is 9.02. The molecule has 0 aliphatic carbocycles. The summed E-state index contributed by atoms with van der Waals surface area (Å²) in [7, 11) is 0. The zero-order valence-electron chi connectivity index (χ0n) is 18.4. The number of fused-ring (bicyclic) bond motifs is 1. The van der Waals surface area contributed by atoms with Crippen LogP contribution in [-0.4, -0.2) is 10.6 Å². The molecule has 0 saturated heterocycles. The zero-order chi connectivity index (χ0) is 22.6. The minimum atomic E-state index is -0.211. The molecular weight excluding hydrogens is 426 g/mol. The van der Waals surface area contributed by atoms with Gasteiger partial charge >= 0.3 is 6.03 Å². The number of nitrogens with one attached hydrogen (secondary N) is 2. The van der Waals surface area contributed by atoms with Gasteiger partial charge in [0.2, 0.25) is 0 Å². The van der Waals surface area contributed by atoms with Crippen molar-refractivity contribution in [3.05, 3.63) is 113 Å². The summed E-state index contributed by atoms with van der Waals surface area (Å²) in [6, 6.07) is 30.8. The van der Waals surface area contributed by atoms with Gasteiger partial charge in [-0.05, 0) is 47.7 Å². The molecule has 3 aromatic carbocycles. The Balaban J connectivity index is 1.51.